The van der Waals surface area contributed by atoms with Gasteiger partial charge in [-0.2, -0.15) is 0 Å². The highest BCUT2D eigenvalue weighted by molar-refractivity contribution is 5.84. The normalized spacial score (nSPS) is 15.8. The van der Waals surface area contributed by atoms with Gasteiger partial charge in [0.1, 0.15) is 11.4 Å². The molecule has 3 aromatic rings. The van der Waals surface area contributed by atoms with Crippen molar-refractivity contribution >= 4 is 23.8 Å². The molecule has 27 heavy (non-hydrogen) atoms. The SMILES string of the molecule is CCc1cc(O)c(F)cc1-c1ccc2c(c1)N=NC2=c1nc2c([nH]1)=CN=C2. The monoisotopic (exact) mass is 359 g/mol. The summed E-state index contributed by atoms with van der Waals surface area (Å²) in [5, 5.41) is 19.0. The quantitative estimate of drug-likeness (QED) is 0.737. The van der Waals surface area contributed by atoms with Gasteiger partial charge in [-0.3, -0.25) is 4.99 Å². The van der Waals surface area contributed by atoms with Crippen LogP contribution in [0.4, 0.5) is 10.1 Å². The molecule has 2 aliphatic rings. The van der Waals surface area contributed by atoms with Gasteiger partial charge in [0.15, 0.2) is 17.0 Å². The predicted molar refractivity (Wildman–Crippen MR) is 99.8 cm³/mol. The van der Waals surface area contributed by atoms with Crippen molar-refractivity contribution in [2.45, 2.75) is 13.3 Å². The van der Waals surface area contributed by atoms with E-state index in [1.54, 1.807) is 12.4 Å². The average Bonchev–Trinajstić information content (AvgIpc) is 3.36. The number of phenolic OH excluding ortho intramolecular Hbond substituents is 1. The third kappa shape index (κ3) is 2.39. The highest BCUT2D eigenvalue weighted by Crippen LogP contribution is 2.38. The van der Waals surface area contributed by atoms with Crippen molar-refractivity contribution in [2.24, 2.45) is 15.2 Å². The molecule has 0 fully saturated rings. The maximum atomic E-state index is 13.9. The number of H-pyrrole nitrogens is 1. The Morgan fingerprint density at radius 2 is 2.00 bits per heavy atom. The lowest BCUT2D eigenvalue weighted by Crippen LogP contribution is -2.13. The number of hydrogen-bond acceptors (Lipinski definition) is 5. The summed E-state index contributed by atoms with van der Waals surface area (Å²) in [5.41, 5.74) is 6.08. The van der Waals surface area contributed by atoms with Crippen LogP contribution in [0.25, 0.3) is 23.0 Å². The van der Waals surface area contributed by atoms with Crippen molar-refractivity contribution in [2.75, 3.05) is 0 Å². The summed E-state index contributed by atoms with van der Waals surface area (Å²) < 4.78 is 13.9. The molecule has 3 heterocycles. The van der Waals surface area contributed by atoms with Crippen LogP contribution in [0, 0.1) is 5.82 Å². The molecule has 1 aromatic heterocycles. The Labute approximate surface area is 153 Å². The van der Waals surface area contributed by atoms with E-state index in [-0.39, 0.29) is 5.75 Å². The Morgan fingerprint density at radius 1 is 1.11 bits per heavy atom. The predicted octanol–water partition coefficient (Wildman–Crippen LogP) is 2.91. The lowest BCUT2D eigenvalue weighted by molar-refractivity contribution is 0.432. The number of aromatic nitrogens is 2. The van der Waals surface area contributed by atoms with Crippen LogP contribution >= 0.6 is 0 Å². The lowest BCUT2D eigenvalue weighted by Gasteiger charge is -2.10. The van der Waals surface area contributed by atoms with Crippen LogP contribution in [-0.4, -0.2) is 21.3 Å². The maximum Gasteiger partial charge on any atom is 0.165 e. The minimum atomic E-state index is -0.639. The molecule has 0 amide bonds. The Hall–Kier alpha value is -3.61. The van der Waals surface area contributed by atoms with Crippen LogP contribution in [-0.2, 0) is 6.42 Å². The minimum absolute atomic E-state index is 0.335. The van der Waals surface area contributed by atoms with Crippen LogP contribution in [0.5, 0.6) is 5.75 Å². The maximum absolute atomic E-state index is 13.9. The second-order valence-electron chi connectivity index (χ2n) is 6.39. The van der Waals surface area contributed by atoms with Gasteiger partial charge in [0.2, 0.25) is 0 Å². The van der Waals surface area contributed by atoms with Gasteiger partial charge in [-0.15, -0.1) is 10.2 Å². The van der Waals surface area contributed by atoms with E-state index >= 15 is 0 Å². The largest absolute Gasteiger partial charge is 0.505 e. The number of azo groups is 1. The van der Waals surface area contributed by atoms with Crippen molar-refractivity contribution in [3.05, 3.63) is 63.8 Å². The molecule has 0 atom stereocenters. The number of aromatic hydroxyl groups is 1. The van der Waals surface area contributed by atoms with E-state index in [4.69, 9.17) is 0 Å². The van der Waals surface area contributed by atoms with Crippen LogP contribution in [0.15, 0.2) is 45.6 Å². The van der Waals surface area contributed by atoms with Gasteiger partial charge in [0.05, 0.1) is 23.5 Å². The number of fused-ring (bicyclic) bond motifs is 2. The van der Waals surface area contributed by atoms with Crippen molar-refractivity contribution in [3.63, 3.8) is 0 Å². The number of hydrogen-bond donors (Lipinski definition) is 2. The number of nitrogens with zero attached hydrogens (tertiary/aromatic N) is 4. The highest BCUT2D eigenvalue weighted by Gasteiger charge is 2.19. The average molecular weight is 359 g/mol. The molecule has 2 N–H and O–H groups in total. The molecule has 0 saturated carbocycles. The lowest BCUT2D eigenvalue weighted by atomic mass is 9.95. The summed E-state index contributed by atoms with van der Waals surface area (Å²) in [6, 6.07) is 8.53. The number of aliphatic imine (C=N–C) groups is 1. The van der Waals surface area contributed by atoms with Crippen molar-refractivity contribution in [3.8, 4) is 16.9 Å². The zero-order valence-corrected chi connectivity index (χ0v) is 14.4. The van der Waals surface area contributed by atoms with Gasteiger partial charge < -0.3 is 10.1 Å². The summed E-state index contributed by atoms with van der Waals surface area (Å²) >= 11 is 0. The second-order valence-corrected chi connectivity index (χ2v) is 6.39. The topological polar surface area (TPSA) is 86.0 Å². The van der Waals surface area contributed by atoms with Crippen molar-refractivity contribution in [1.82, 2.24) is 9.97 Å². The van der Waals surface area contributed by atoms with Crippen LogP contribution in [0.1, 0.15) is 23.7 Å². The zero-order chi connectivity index (χ0) is 18.5. The zero-order valence-electron chi connectivity index (χ0n) is 14.4. The summed E-state index contributed by atoms with van der Waals surface area (Å²) in [4.78, 5) is 11.7. The van der Waals surface area contributed by atoms with E-state index in [2.05, 4.69) is 25.2 Å². The molecule has 7 heteroatoms. The molecule has 2 aromatic carbocycles. The van der Waals surface area contributed by atoms with Gasteiger partial charge in [0, 0.05) is 5.56 Å². The number of imidazole rings is 1. The smallest absolute Gasteiger partial charge is 0.165 e. The highest BCUT2D eigenvalue weighted by atomic mass is 19.1. The van der Waals surface area contributed by atoms with Crippen LogP contribution in [0.2, 0.25) is 0 Å². The second kappa shape index (κ2) is 5.70. The van der Waals surface area contributed by atoms with E-state index in [1.165, 1.54) is 12.1 Å². The first-order valence-corrected chi connectivity index (χ1v) is 8.55. The molecule has 0 unspecified atom stereocenters. The van der Waals surface area contributed by atoms with E-state index in [9.17, 15) is 9.50 Å². The third-order valence-electron chi connectivity index (χ3n) is 4.76. The summed E-state index contributed by atoms with van der Waals surface area (Å²) in [5.74, 6) is -0.974. The fourth-order valence-electron chi connectivity index (χ4n) is 3.37. The Balaban J connectivity index is 1.64. The molecular formula is C20H14FN5O. The van der Waals surface area contributed by atoms with E-state index < -0.39 is 5.82 Å². The first-order chi connectivity index (χ1) is 13.1. The molecule has 0 radical (unpaired) electrons. The molecule has 5 rings (SSSR count). The molecule has 2 aliphatic heterocycles. The van der Waals surface area contributed by atoms with E-state index in [1.807, 2.05) is 25.1 Å². The Bertz CT molecular complexity index is 1290. The summed E-state index contributed by atoms with van der Waals surface area (Å²) in [6.45, 7) is 1.96. The van der Waals surface area contributed by atoms with E-state index in [0.29, 0.717) is 23.3 Å². The van der Waals surface area contributed by atoms with Crippen molar-refractivity contribution < 1.29 is 9.50 Å². The first-order valence-electron chi connectivity index (χ1n) is 8.55. The number of rotatable bonds is 2. The number of benzene rings is 2. The van der Waals surface area contributed by atoms with Crippen LogP contribution < -0.4 is 10.8 Å². The minimum Gasteiger partial charge on any atom is -0.505 e. The van der Waals surface area contributed by atoms with E-state index in [0.717, 1.165) is 33.3 Å². The summed E-state index contributed by atoms with van der Waals surface area (Å²) in [6.07, 6.45) is 4.08. The third-order valence-corrected chi connectivity index (χ3v) is 4.76. The van der Waals surface area contributed by atoms with Gasteiger partial charge in [-0.1, -0.05) is 13.0 Å². The number of nitrogens with one attached hydrogen (secondary N) is 1. The fraction of sp³-hybridized carbons (Fsp3) is 0.100. The fourth-order valence-corrected chi connectivity index (χ4v) is 3.37. The van der Waals surface area contributed by atoms with Gasteiger partial charge in [-0.25, -0.2) is 9.37 Å². The molecular weight excluding hydrogens is 345 g/mol. The number of halogens is 1. The number of aromatic amines is 1. The Kier molecular flexibility index (Phi) is 3.30. The van der Waals surface area contributed by atoms with Gasteiger partial charge in [-0.05, 0) is 47.4 Å². The number of phenols is 1. The standard InChI is InChI=1S/C20H14FN5O/c1-2-10-6-18(27)14(21)7-13(10)11-3-4-12-15(5-11)25-26-19(12)20-23-16-8-22-9-17(16)24-20/h3-9,23,27H,2H2,1H3. The molecule has 0 saturated heterocycles. The summed E-state index contributed by atoms with van der Waals surface area (Å²) in [7, 11) is 0. The Morgan fingerprint density at radius 3 is 2.81 bits per heavy atom. The van der Waals surface area contributed by atoms with Gasteiger partial charge >= 0.3 is 0 Å². The molecule has 0 aliphatic carbocycles. The first kappa shape index (κ1) is 15.6. The van der Waals surface area contributed by atoms with Gasteiger partial charge in [0.25, 0.3) is 0 Å². The molecule has 6 nitrogen and oxygen atoms in total. The number of aryl methyl sites for hydroxylation is 1. The van der Waals surface area contributed by atoms with Crippen molar-refractivity contribution in [1.29, 1.82) is 0 Å². The molecule has 132 valence electrons. The molecule has 0 spiro atoms. The molecule has 0 bridgehead atoms. The van der Waals surface area contributed by atoms with Crippen LogP contribution in [0.3, 0.4) is 0 Å².